The minimum absolute atomic E-state index is 0.0507. The molecular formula is C76H109N13O16. The Balaban J connectivity index is 0.750. The zero-order valence-electron chi connectivity index (χ0n) is 62.4. The Kier molecular flexibility index (Phi) is 30.2. The van der Waals surface area contributed by atoms with Crippen molar-refractivity contribution in [3.63, 3.8) is 0 Å². The van der Waals surface area contributed by atoms with E-state index >= 15 is 4.79 Å². The second kappa shape index (κ2) is 38.8. The van der Waals surface area contributed by atoms with Gasteiger partial charge in [-0.15, -0.1) is 5.10 Å². The van der Waals surface area contributed by atoms with E-state index in [1.165, 1.54) is 28.8 Å². The Hall–Kier alpha value is -9.06. The number of rotatable bonds is 34. The molecule has 11 atom stereocenters. The number of carbonyl (C=O) groups excluding carboxylic acids is 10. The normalized spacial score (nSPS) is 21.1. The van der Waals surface area contributed by atoms with E-state index in [0.29, 0.717) is 75.8 Å². The van der Waals surface area contributed by atoms with Crippen LogP contribution in [0.1, 0.15) is 160 Å². The maximum atomic E-state index is 15.1. The molecule has 0 bridgehead atoms. The van der Waals surface area contributed by atoms with Crippen LogP contribution in [0.25, 0.3) is 0 Å². The Labute approximate surface area is 615 Å². The van der Waals surface area contributed by atoms with Gasteiger partial charge in [0.2, 0.25) is 47.3 Å². The van der Waals surface area contributed by atoms with Crippen molar-refractivity contribution in [1.29, 1.82) is 0 Å². The zero-order chi connectivity index (χ0) is 76.0. The molecule has 7 N–H and O–H groups in total. The van der Waals surface area contributed by atoms with Gasteiger partial charge in [-0.25, -0.2) is 14.3 Å². The second-order valence-electron chi connectivity index (χ2n) is 29.4. The van der Waals surface area contributed by atoms with E-state index in [9.17, 15) is 48.3 Å². The lowest BCUT2D eigenvalue weighted by Gasteiger charge is -2.34. The monoisotopic (exact) mass is 1460 g/mol. The Bertz CT molecular complexity index is 3500. The maximum Gasteiger partial charge on any atom is 0.410 e. The highest BCUT2D eigenvalue weighted by Crippen LogP contribution is 2.37. The van der Waals surface area contributed by atoms with Crippen LogP contribution in [0.15, 0.2) is 97.2 Å². The molecule has 0 aliphatic carbocycles. The molecular weight excluding hydrogens is 1350 g/mol. The average Bonchev–Trinajstić information content (AvgIpc) is 1.65. The number of fused-ring (bicyclic) bond motifs is 2. The van der Waals surface area contributed by atoms with Crippen molar-refractivity contribution >= 4 is 59.4 Å². The fourth-order valence-corrected chi connectivity index (χ4v) is 14.1. The number of nitrogens with one attached hydrogen (secondary N) is 6. The number of aliphatic hydroxyl groups excluding tert-OH is 1. The zero-order valence-corrected chi connectivity index (χ0v) is 62.4. The molecule has 105 heavy (non-hydrogen) atoms. The molecule has 5 heterocycles. The van der Waals surface area contributed by atoms with Crippen LogP contribution < -0.4 is 31.9 Å². The molecule has 4 saturated heterocycles. The summed E-state index contributed by atoms with van der Waals surface area (Å²) in [6, 6.07) is 19.6. The Morgan fingerprint density at radius 2 is 1.01 bits per heavy atom. The van der Waals surface area contributed by atoms with E-state index in [2.05, 4.69) is 42.2 Å². The van der Waals surface area contributed by atoms with E-state index in [0.717, 1.165) is 11.1 Å². The van der Waals surface area contributed by atoms with Gasteiger partial charge in [-0.3, -0.25) is 48.2 Å². The molecule has 8 rings (SSSR count). The molecule has 29 nitrogen and oxygen atoms in total. The molecule has 4 aliphatic rings. The van der Waals surface area contributed by atoms with Crippen molar-refractivity contribution < 1.29 is 76.7 Å². The highest BCUT2D eigenvalue weighted by Gasteiger charge is 2.51. The van der Waals surface area contributed by atoms with Crippen LogP contribution in [0.2, 0.25) is 0 Å². The maximum absolute atomic E-state index is 15.1. The number of aryl methyl sites for hydroxylation is 1. The van der Waals surface area contributed by atoms with Crippen molar-refractivity contribution in [3.05, 3.63) is 120 Å². The molecule has 0 spiro atoms. The number of hydrogen-bond donors (Lipinski definition) is 7. The standard InChI is InChI=1S/C76H109N13O16/c1-11-57(85(9)73(99)104-75(3,4)5)66(92)81-64-52(28-31-55-33-35-59(88(55)71(64)97)68(94)79-62(49-22-16-13-17-23-49)50-24-18-14-19-25-50)46-78-61(91)37-30-54-47-87(84-83-54)39-41-102-43-45-103-44-42-101-40-38-77-70(96)63(51-26-20-15-21-27-51)80-69(95)60-36-34-56-32-29-53(48-90)65(72(98)89(56)60)82-67(93)58(12-2)86(10)74(100)105-76(6,7)8/h13-27,47,52-53,55-60,62-65,90H,11-12,28-46,48H2,1-10H3,(H,77,96)(H,78,91)(H,79,94)(H,80,95)(H,81,92)(H,82,93)/t52-,53-,55+,56+,57+,58+,59+,60+,63+,64+,65+/m1/s1. The predicted octanol–water partition coefficient (Wildman–Crippen LogP) is 5.05. The average molecular weight is 1460 g/mol. The highest BCUT2D eigenvalue weighted by molar-refractivity contribution is 5.97. The van der Waals surface area contributed by atoms with Crippen molar-refractivity contribution in [2.45, 2.75) is 211 Å². The first-order valence-electron chi connectivity index (χ1n) is 36.9. The molecule has 3 aromatic carbocycles. The topological polar surface area (TPSA) is 353 Å². The van der Waals surface area contributed by atoms with Crippen molar-refractivity contribution in [3.8, 4) is 0 Å². The largest absolute Gasteiger partial charge is 0.444 e. The SMILES string of the molecule is CC[C@@H](C(=O)N[C@@H]1C(=O)N2[C@@H](CC[C@@H]1CNC(=O)CCc1cn(CCOCCOCCOCCNC(=O)[C@@H](NC(=O)[C@@H]3CC[C@@H]4CC[C@H](CO)[C@H](NC(=O)[C@H](CC)N(C)C(=O)OC(C)(C)C)C(=O)N43)c3ccccc3)nn1)CC[C@H]2C(=O)NC(c1ccccc1)c1ccccc1)N(C)C(=O)OC(C)(C)C. The molecule has 10 amide bonds. The highest BCUT2D eigenvalue weighted by atomic mass is 16.6. The summed E-state index contributed by atoms with van der Waals surface area (Å²) in [5, 5.41) is 36.7. The molecule has 4 aliphatic heterocycles. The lowest BCUT2D eigenvalue weighted by atomic mass is 9.92. The summed E-state index contributed by atoms with van der Waals surface area (Å²) >= 11 is 0. The van der Waals surface area contributed by atoms with Crippen LogP contribution in [0, 0.1) is 11.8 Å². The van der Waals surface area contributed by atoms with Crippen LogP contribution in [0.4, 0.5) is 9.59 Å². The third-order valence-corrected chi connectivity index (χ3v) is 19.6. The summed E-state index contributed by atoms with van der Waals surface area (Å²) in [4.78, 5) is 146. The quantitative estimate of drug-likeness (QED) is 0.0301. The van der Waals surface area contributed by atoms with Crippen LogP contribution >= 0.6 is 0 Å². The number of ether oxygens (including phenoxy) is 5. The Morgan fingerprint density at radius 3 is 1.50 bits per heavy atom. The number of aliphatic hydroxyl groups is 1. The predicted molar refractivity (Wildman–Crippen MR) is 387 cm³/mol. The first-order valence-corrected chi connectivity index (χ1v) is 36.9. The number of likely N-dealkylation sites (N-methyl/N-ethyl adjacent to an activating group) is 2. The summed E-state index contributed by atoms with van der Waals surface area (Å²) < 4.78 is 29.9. The van der Waals surface area contributed by atoms with Gasteiger partial charge >= 0.3 is 12.2 Å². The third kappa shape index (κ3) is 23.0. The molecule has 1 aromatic heterocycles. The lowest BCUT2D eigenvalue weighted by Crippen LogP contribution is -2.60. The number of aromatic nitrogens is 3. The first-order chi connectivity index (χ1) is 50.2. The number of carbonyl (C=O) groups is 10. The van der Waals surface area contributed by atoms with E-state index < -0.39 is 126 Å². The fourth-order valence-electron chi connectivity index (χ4n) is 14.1. The molecule has 0 radical (unpaired) electrons. The Morgan fingerprint density at radius 1 is 0.562 bits per heavy atom. The lowest BCUT2D eigenvalue weighted by molar-refractivity contribution is -0.145. The number of hydrogen-bond acceptors (Lipinski definition) is 18. The van der Waals surface area contributed by atoms with E-state index in [-0.39, 0.29) is 95.7 Å². The molecule has 0 unspecified atom stereocenters. The van der Waals surface area contributed by atoms with Gasteiger partial charge in [0.05, 0.1) is 57.9 Å². The van der Waals surface area contributed by atoms with Gasteiger partial charge in [-0.1, -0.05) is 110 Å². The van der Waals surface area contributed by atoms with Crippen LogP contribution in [0.5, 0.6) is 0 Å². The number of benzene rings is 3. The van der Waals surface area contributed by atoms with Gasteiger partial charge in [0.1, 0.15) is 53.5 Å². The van der Waals surface area contributed by atoms with Gasteiger partial charge in [0.25, 0.3) is 0 Å². The molecule has 574 valence electrons. The molecule has 29 heteroatoms. The van der Waals surface area contributed by atoms with E-state index in [4.69, 9.17) is 23.7 Å². The van der Waals surface area contributed by atoms with Gasteiger partial charge in [0, 0.05) is 76.7 Å². The summed E-state index contributed by atoms with van der Waals surface area (Å²) in [7, 11) is 2.93. The van der Waals surface area contributed by atoms with Crippen molar-refractivity contribution in [2.24, 2.45) is 11.8 Å². The van der Waals surface area contributed by atoms with E-state index in [1.807, 2.05) is 60.7 Å². The minimum Gasteiger partial charge on any atom is -0.444 e. The summed E-state index contributed by atoms with van der Waals surface area (Å²) in [5.41, 5.74) is 1.22. The number of nitrogens with zero attached hydrogens (tertiary/aromatic N) is 7. The third-order valence-electron chi connectivity index (χ3n) is 19.6. The van der Waals surface area contributed by atoms with Crippen LogP contribution in [0.3, 0.4) is 0 Å². The van der Waals surface area contributed by atoms with Gasteiger partial charge < -0.3 is 70.5 Å². The first kappa shape index (κ1) is 81.6. The summed E-state index contributed by atoms with van der Waals surface area (Å²) in [6.45, 7) is 15.5. The van der Waals surface area contributed by atoms with E-state index in [1.54, 1.807) is 102 Å². The number of amides is 10. The fraction of sp³-hybridized carbons (Fsp3) is 0.605. The van der Waals surface area contributed by atoms with Crippen LogP contribution in [-0.2, 0) is 75.0 Å². The molecule has 4 aromatic rings. The summed E-state index contributed by atoms with van der Waals surface area (Å²) in [6.07, 6.45) is 4.78. The molecule has 4 fully saturated rings. The summed E-state index contributed by atoms with van der Waals surface area (Å²) in [5.74, 6) is -4.98. The van der Waals surface area contributed by atoms with Crippen LogP contribution in [-0.4, -0.2) is 232 Å². The van der Waals surface area contributed by atoms with Gasteiger partial charge in [-0.2, -0.15) is 0 Å². The smallest absolute Gasteiger partial charge is 0.410 e. The second-order valence-corrected chi connectivity index (χ2v) is 29.4. The minimum atomic E-state index is -1.18. The van der Waals surface area contributed by atoms with Crippen molar-refractivity contribution in [1.82, 2.24) is 66.5 Å². The van der Waals surface area contributed by atoms with Gasteiger partial charge in [-0.05, 0) is 122 Å². The van der Waals surface area contributed by atoms with Crippen molar-refractivity contribution in [2.75, 3.05) is 73.4 Å². The van der Waals surface area contributed by atoms with Gasteiger partial charge in [0.15, 0.2) is 0 Å². The molecule has 0 saturated carbocycles.